The number of halogens is 1. The summed E-state index contributed by atoms with van der Waals surface area (Å²) < 4.78 is 37.5. The molecule has 1 aliphatic carbocycles. The van der Waals surface area contributed by atoms with Crippen molar-refractivity contribution in [1.29, 1.82) is 0 Å². The van der Waals surface area contributed by atoms with Gasteiger partial charge >= 0.3 is 0 Å². The van der Waals surface area contributed by atoms with Crippen LogP contribution < -0.4 is 0 Å². The number of nitrogens with zero attached hydrogens (tertiary/aromatic N) is 1. The van der Waals surface area contributed by atoms with Crippen molar-refractivity contribution in [1.82, 2.24) is 4.90 Å². The van der Waals surface area contributed by atoms with Crippen LogP contribution in [0.2, 0.25) is 0 Å². The van der Waals surface area contributed by atoms with Gasteiger partial charge in [0.15, 0.2) is 9.84 Å². The Morgan fingerprint density at radius 2 is 1.91 bits per heavy atom. The summed E-state index contributed by atoms with van der Waals surface area (Å²) in [7, 11) is -1.58. The van der Waals surface area contributed by atoms with E-state index in [0.717, 1.165) is 12.8 Å². The lowest BCUT2D eigenvalue weighted by Crippen LogP contribution is -2.49. The number of amides is 1. The van der Waals surface area contributed by atoms with E-state index < -0.39 is 20.9 Å². The summed E-state index contributed by atoms with van der Waals surface area (Å²) in [6.07, 6.45) is 4.22. The highest BCUT2D eigenvalue weighted by atomic mass is 32.2. The molecule has 4 nitrogen and oxygen atoms in total. The molecule has 1 fully saturated rings. The van der Waals surface area contributed by atoms with Gasteiger partial charge in [-0.05, 0) is 24.5 Å². The van der Waals surface area contributed by atoms with Crippen LogP contribution >= 0.6 is 0 Å². The van der Waals surface area contributed by atoms with Crippen LogP contribution in [-0.4, -0.2) is 43.8 Å². The zero-order valence-electron chi connectivity index (χ0n) is 13.0. The van der Waals surface area contributed by atoms with E-state index in [2.05, 4.69) is 0 Å². The highest BCUT2D eigenvalue weighted by Crippen LogP contribution is 2.28. The Morgan fingerprint density at radius 1 is 1.27 bits per heavy atom. The van der Waals surface area contributed by atoms with Crippen LogP contribution in [0.15, 0.2) is 24.3 Å². The molecule has 6 heteroatoms. The van der Waals surface area contributed by atoms with Crippen LogP contribution in [0.5, 0.6) is 0 Å². The molecule has 0 saturated heterocycles. The quantitative estimate of drug-likeness (QED) is 0.852. The Bertz CT molecular complexity index is 645. The number of benzene rings is 1. The zero-order chi connectivity index (χ0) is 16.3. The smallest absolute Gasteiger partial charge is 0.227 e. The molecule has 0 N–H and O–H groups in total. The first-order valence-corrected chi connectivity index (χ1v) is 9.44. The van der Waals surface area contributed by atoms with Crippen LogP contribution in [0.4, 0.5) is 4.39 Å². The van der Waals surface area contributed by atoms with Crippen molar-refractivity contribution >= 4 is 15.7 Å². The van der Waals surface area contributed by atoms with E-state index in [-0.39, 0.29) is 18.4 Å². The third kappa shape index (κ3) is 3.85. The van der Waals surface area contributed by atoms with Crippen molar-refractivity contribution < 1.29 is 17.6 Å². The van der Waals surface area contributed by atoms with Crippen molar-refractivity contribution in [3.63, 3.8) is 0 Å². The molecule has 2 rings (SSSR count). The Kier molecular flexibility index (Phi) is 5.21. The minimum atomic E-state index is -3.20. The molecule has 0 bridgehead atoms. The summed E-state index contributed by atoms with van der Waals surface area (Å²) in [5.74, 6) is -0.654. The summed E-state index contributed by atoms with van der Waals surface area (Å²) in [5.41, 5.74) is 0.339. The predicted molar refractivity (Wildman–Crippen MR) is 83.8 cm³/mol. The van der Waals surface area contributed by atoms with Crippen LogP contribution in [0.1, 0.15) is 31.2 Å². The zero-order valence-corrected chi connectivity index (χ0v) is 13.8. The first kappa shape index (κ1) is 16.9. The van der Waals surface area contributed by atoms with Crippen molar-refractivity contribution in [2.45, 2.75) is 43.4 Å². The number of likely N-dealkylation sites (N-methyl/N-ethyl adjacent to an activating group) is 1. The standard InChI is InChI=1S/C16H22FNO3S/c1-18(14-9-5-6-10-15(14)22(2,20)21)16(19)11-12-7-3-4-8-13(12)17/h3-4,7-8,14-15H,5-6,9-11H2,1-2H3/t14-,15+/m0/s1. The lowest BCUT2D eigenvalue weighted by atomic mass is 9.93. The van der Waals surface area contributed by atoms with Gasteiger partial charge < -0.3 is 4.90 Å². The normalized spacial score (nSPS) is 22.3. The second-order valence-corrected chi connectivity index (χ2v) is 8.26. The van der Waals surface area contributed by atoms with Crippen molar-refractivity contribution in [3.05, 3.63) is 35.6 Å². The number of carbonyl (C=O) groups excluding carboxylic acids is 1. The Morgan fingerprint density at radius 3 is 2.55 bits per heavy atom. The van der Waals surface area contributed by atoms with Gasteiger partial charge in [0.1, 0.15) is 5.82 Å². The molecule has 0 aromatic heterocycles. The molecule has 0 heterocycles. The van der Waals surface area contributed by atoms with E-state index >= 15 is 0 Å². The summed E-state index contributed by atoms with van der Waals surface area (Å²) in [6.45, 7) is 0. The average Bonchev–Trinajstić information content (AvgIpc) is 2.48. The largest absolute Gasteiger partial charge is 0.341 e. The fourth-order valence-electron chi connectivity index (χ4n) is 3.13. The lowest BCUT2D eigenvalue weighted by Gasteiger charge is -2.37. The topological polar surface area (TPSA) is 54.5 Å². The molecule has 1 aromatic carbocycles. The molecule has 1 amide bonds. The monoisotopic (exact) mass is 327 g/mol. The van der Waals surface area contributed by atoms with Crippen LogP contribution in [0, 0.1) is 5.82 Å². The van der Waals surface area contributed by atoms with E-state index in [1.807, 2.05) is 0 Å². The molecule has 1 aromatic rings. The highest BCUT2D eigenvalue weighted by molar-refractivity contribution is 7.91. The first-order valence-electron chi connectivity index (χ1n) is 7.48. The van der Waals surface area contributed by atoms with E-state index in [9.17, 15) is 17.6 Å². The number of hydrogen-bond donors (Lipinski definition) is 0. The minimum absolute atomic E-state index is 0.0455. The molecular formula is C16H22FNO3S. The van der Waals surface area contributed by atoms with E-state index in [4.69, 9.17) is 0 Å². The molecule has 122 valence electrons. The van der Waals surface area contributed by atoms with E-state index in [1.165, 1.54) is 17.2 Å². The summed E-state index contributed by atoms with van der Waals surface area (Å²) >= 11 is 0. The van der Waals surface area contributed by atoms with Crippen LogP contribution in [0.25, 0.3) is 0 Å². The van der Waals surface area contributed by atoms with Crippen molar-refractivity contribution in [3.8, 4) is 0 Å². The lowest BCUT2D eigenvalue weighted by molar-refractivity contribution is -0.131. The maximum absolute atomic E-state index is 13.7. The summed E-state index contributed by atoms with van der Waals surface area (Å²) in [6, 6.07) is 5.85. The minimum Gasteiger partial charge on any atom is -0.341 e. The van der Waals surface area contributed by atoms with Gasteiger partial charge in [0.2, 0.25) is 5.91 Å². The maximum Gasteiger partial charge on any atom is 0.227 e. The van der Waals surface area contributed by atoms with Gasteiger partial charge in [-0.2, -0.15) is 0 Å². The Balaban J connectivity index is 2.13. The van der Waals surface area contributed by atoms with Crippen molar-refractivity contribution in [2.24, 2.45) is 0 Å². The molecule has 1 saturated carbocycles. The molecule has 22 heavy (non-hydrogen) atoms. The van der Waals surface area contributed by atoms with Crippen LogP contribution in [-0.2, 0) is 21.1 Å². The van der Waals surface area contributed by atoms with Gasteiger partial charge in [0.05, 0.1) is 11.7 Å². The predicted octanol–water partition coefficient (Wildman–Crippen LogP) is 2.18. The van der Waals surface area contributed by atoms with Gasteiger partial charge in [0.25, 0.3) is 0 Å². The molecule has 0 spiro atoms. The molecule has 1 aliphatic rings. The molecule has 0 unspecified atom stereocenters. The maximum atomic E-state index is 13.7. The van der Waals surface area contributed by atoms with Gasteiger partial charge in [-0.25, -0.2) is 12.8 Å². The highest BCUT2D eigenvalue weighted by Gasteiger charge is 2.36. The number of rotatable bonds is 4. The van der Waals surface area contributed by atoms with Gasteiger partial charge in [0, 0.05) is 19.3 Å². The Hall–Kier alpha value is -1.43. The second kappa shape index (κ2) is 6.77. The van der Waals surface area contributed by atoms with Crippen LogP contribution in [0.3, 0.4) is 0 Å². The fraction of sp³-hybridized carbons (Fsp3) is 0.562. The van der Waals surface area contributed by atoms with E-state index in [1.54, 1.807) is 25.2 Å². The first-order chi connectivity index (χ1) is 10.3. The second-order valence-electron chi connectivity index (χ2n) is 5.99. The van der Waals surface area contributed by atoms with E-state index in [0.29, 0.717) is 18.4 Å². The fourth-order valence-corrected chi connectivity index (χ4v) is 4.62. The van der Waals surface area contributed by atoms with Gasteiger partial charge in [-0.3, -0.25) is 4.79 Å². The molecule has 2 atom stereocenters. The molecule has 0 aliphatic heterocycles. The van der Waals surface area contributed by atoms with Crippen molar-refractivity contribution in [2.75, 3.05) is 13.3 Å². The summed E-state index contributed by atoms with van der Waals surface area (Å²) in [5, 5.41) is -0.518. The Labute approximate surface area is 131 Å². The number of sulfone groups is 1. The molecule has 0 radical (unpaired) electrons. The molecular weight excluding hydrogens is 305 g/mol. The SMILES string of the molecule is CN(C(=O)Cc1ccccc1F)[C@H]1CCCC[C@H]1S(C)(=O)=O. The van der Waals surface area contributed by atoms with Gasteiger partial charge in [-0.15, -0.1) is 0 Å². The third-order valence-corrected chi connectivity index (χ3v) is 6.06. The third-order valence-electron chi connectivity index (χ3n) is 4.41. The number of carbonyl (C=O) groups is 1. The summed E-state index contributed by atoms with van der Waals surface area (Å²) in [4.78, 5) is 13.9. The number of hydrogen-bond acceptors (Lipinski definition) is 3. The van der Waals surface area contributed by atoms with Gasteiger partial charge in [-0.1, -0.05) is 31.0 Å². The average molecular weight is 327 g/mol.